The molecule has 2 aromatic rings. The fraction of sp³-hybridized carbons (Fsp3) is 0.333. The maximum atomic E-state index is 5.49. The number of nitrogens with two attached hydrogens (primary N) is 1. The van der Waals surface area contributed by atoms with Crippen molar-refractivity contribution >= 4 is 5.95 Å². The van der Waals surface area contributed by atoms with E-state index in [0.717, 1.165) is 17.7 Å². The SMILES string of the molecule is CC(CCN)Nc1ncc(-c2ccc[nH]2)cn1. The summed E-state index contributed by atoms with van der Waals surface area (Å²) in [4.78, 5) is 11.7. The largest absolute Gasteiger partial charge is 0.361 e. The van der Waals surface area contributed by atoms with Crippen LogP contribution in [0.25, 0.3) is 11.3 Å². The Morgan fingerprint density at radius 3 is 2.76 bits per heavy atom. The molecule has 17 heavy (non-hydrogen) atoms. The van der Waals surface area contributed by atoms with Gasteiger partial charge in [-0.3, -0.25) is 0 Å². The first-order valence-corrected chi connectivity index (χ1v) is 5.72. The van der Waals surface area contributed by atoms with E-state index < -0.39 is 0 Å². The summed E-state index contributed by atoms with van der Waals surface area (Å²) in [5.41, 5.74) is 7.49. The van der Waals surface area contributed by atoms with Crippen molar-refractivity contribution in [3.8, 4) is 11.3 Å². The van der Waals surface area contributed by atoms with Crippen molar-refractivity contribution in [2.45, 2.75) is 19.4 Å². The van der Waals surface area contributed by atoms with Gasteiger partial charge in [-0.25, -0.2) is 9.97 Å². The number of nitrogens with zero attached hydrogens (tertiary/aromatic N) is 2. The summed E-state index contributed by atoms with van der Waals surface area (Å²) in [5.74, 6) is 0.640. The average Bonchev–Trinajstić information content (AvgIpc) is 2.84. The summed E-state index contributed by atoms with van der Waals surface area (Å²) in [7, 11) is 0. The van der Waals surface area contributed by atoms with Gasteiger partial charge in [-0.1, -0.05) is 0 Å². The number of aromatic nitrogens is 3. The fourth-order valence-electron chi connectivity index (χ4n) is 1.59. The molecular weight excluding hydrogens is 214 g/mol. The van der Waals surface area contributed by atoms with Gasteiger partial charge < -0.3 is 16.0 Å². The molecule has 0 aliphatic rings. The Morgan fingerprint density at radius 1 is 1.41 bits per heavy atom. The lowest BCUT2D eigenvalue weighted by Gasteiger charge is -2.12. The average molecular weight is 231 g/mol. The lowest BCUT2D eigenvalue weighted by molar-refractivity contribution is 0.709. The molecule has 0 saturated heterocycles. The zero-order valence-corrected chi connectivity index (χ0v) is 9.85. The van der Waals surface area contributed by atoms with E-state index in [0.29, 0.717) is 12.5 Å². The highest BCUT2D eigenvalue weighted by atomic mass is 15.1. The lowest BCUT2D eigenvalue weighted by atomic mass is 10.2. The first-order chi connectivity index (χ1) is 8.29. The molecule has 0 saturated carbocycles. The summed E-state index contributed by atoms with van der Waals surface area (Å²) in [6.07, 6.45) is 6.39. The van der Waals surface area contributed by atoms with Crippen LogP contribution in [0.5, 0.6) is 0 Å². The van der Waals surface area contributed by atoms with E-state index in [1.807, 2.05) is 18.3 Å². The van der Waals surface area contributed by atoms with Crippen LogP contribution in [0.15, 0.2) is 30.7 Å². The summed E-state index contributed by atoms with van der Waals surface area (Å²) in [5, 5.41) is 3.20. The van der Waals surface area contributed by atoms with Crippen molar-refractivity contribution in [1.29, 1.82) is 0 Å². The van der Waals surface area contributed by atoms with Crippen LogP contribution in [0.3, 0.4) is 0 Å². The Bertz CT molecular complexity index is 434. The number of aromatic amines is 1. The third-order valence-electron chi connectivity index (χ3n) is 2.54. The van der Waals surface area contributed by atoms with Gasteiger partial charge in [0.2, 0.25) is 5.95 Å². The van der Waals surface area contributed by atoms with Gasteiger partial charge in [0.25, 0.3) is 0 Å². The standard InChI is InChI=1S/C12H17N5/c1-9(4-5-13)17-12-15-7-10(8-16-12)11-3-2-6-14-11/h2-3,6-9,14H,4-5,13H2,1H3,(H,15,16,17). The zero-order valence-electron chi connectivity index (χ0n) is 9.85. The molecule has 5 heteroatoms. The van der Waals surface area contributed by atoms with Crippen LogP contribution in [-0.2, 0) is 0 Å². The number of nitrogens with one attached hydrogen (secondary N) is 2. The van der Waals surface area contributed by atoms with Gasteiger partial charge in [-0.15, -0.1) is 0 Å². The van der Waals surface area contributed by atoms with Gasteiger partial charge in [0, 0.05) is 35.9 Å². The van der Waals surface area contributed by atoms with Gasteiger partial charge in [-0.2, -0.15) is 0 Å². The monoisotopic (exact) mass is 231 g/mol. The van der Waals surface area contributed by atoms with Crippen LogP contribution in [0.4, 0.5) is 5.95 Å². The first kappa shape index (κ1) is 11.6. The topological polar surface area (TPSA) is 79.6 Å². The molecule has 2 aromatic heterocycles. The van der Waals surface area contributed by atoms with E-state index in [4.69, 9.17) is 5.73 Å². The summed E-state index contributed by atoms with van der Waals surface area (Å²) < 4.78 is 0. The van der Waals surface area contributed by atoms with Crippen LogP contribution >= 0.6 is 0 Å². The lowest BCUT2D eigenvalue weighted by Crippen LogP contribution is -2.20. The molecule has 0 aromatic carbocycles. The Kier molecular flexibility index (Phi) is 3.72. The summed E-state index contributed by atoms with van der Waals surface area (Å²) >= 11 is 0. The molecule has 2 heterocycles. The molecule has 5 nitrogen and oxygen atoms in total. The van der Waals surface area contributed by atoms with Gasteiger partial charge in [-0.05, 0) is 32.0 Å². The second kappa shape index (κ2) is 5.45. The van der Waals surface area contributed by atoms with Crippen LogP contribution in [0, 0.1) is 0 Å². The number of hydrogen-bond donors (Lipinski definition) is 3. The van der Waals surface area contributed by atoms with Crippen molar-refractivity contribution in [3.63, 3.8) is 0 Å². The molecule has 0 spiro atoms. The number of rotatable bonds is 5. The highest BCUT2D eigenvalue weighted by molar-refractivity contribution is 5.57. The molecule has 1 unspecified atom stereocenters. The zero-order chi connectivity index (χ0) is 12.1. The molecule has 1 atom stereocenters. The van der Waals surface area contributed by atoms with E-state index >= 15 is 0 Å². The van der Waals surface area contributed by atoms with Crippen LogP contribution in [-0.4, -0.2) is 27.5 Å². The Hall–Kier alpha value is -1.88. The minimum absolute atomic E-state index is 0.288. The number of hydrogen-bond acceptors (Lipinski definition) is 4. The third-order valence-corrected chi connectivity index (χ3v) is 2.54. The third kappa shape index (κ3) is 3.04. The predicted molar refractivity (Wildman–Crippen MR) is 68.6 cm³/mol. The quantitative estimate of drug-likeness (QED) is 0.730. The number of anilines is 1. The summed E-state index contributed by atoms with van der Waals surface area (Å²) in [6.45, 7) is 2.73. The number of H-pyrrole nitrogens is 1. The molecule has 4 N–H and O–H groups in total. The smallest absolute Gasteiger partial charge is 0.222 e. The molecule has 2 rings (SSSR count). The highest BCUT2D eigenvalue weighted by Gasteiger charge is 2.04. The van der Waals surface area contributed by atoms with Crippen molar-refractivity contribution in [1.82, 2.24) is 15.0 Å². The minimum atomic E-state index is 0.288. The van der Waals surface area contributed by atoms with E-state index in [9.17, 15) is 0 Å². The van der Waals surface area contributed by atoms with Crippen molar-refractivity contribution in [2.24, 2.45) is 5.73 Å². The molecule has 0 aliphatic carbocycles. The van der Waals surface area contributed by atoms with E-state index in [-0.39, 0.29) is 6.04 Å². The Labute approximate surface area is 100 Å². The molecule has 90 valence electrons. The first-order valence-electron chi connectivity index (χ1n) is 5.72. The molecule has 0 aliphatic heterocycles. The predicted octanol–water partition coefficient (Wildman–Crippen LogP) is 1.62. The normalized spacial score (nSPS) is 12.4. The Morgan fingerprint density at radius 2 is 2.18 bits per heavy atom. The Balaban J connectivity index is 2.03. The molecule has 0 amide bonds. The molecule has 0 fully saturated rings. The van der Waals surface area contributed by atoms with E-state index in [2.05, 4.69) is 27.2 Å². The van der Waals surface area contributed by atoms with Gasteiger partial charge in [0.1, 0.15) is 0 Å². The maximum Gasteiger partial charge on any atom is 0.222 e. The van der Waals surface area contributed by atoms with Crippen molar-refractivity contribution in [2.75, 3.05) is 11.9 Å². The highest BCUT2D eigenvalue weighted by Crippen LogP contribution is 2.15. The van der Waals surface area contributed by atoms with E-state index in [1.54, 1.807) is 12.4 Å². The van der Waals surface area contributed by atoms with Gasteiger partial charge in [0.15, 0.2) is 0 Å². The molecular formula is C12H17N5. The minimum Gasteiger partial charge on any atom is -0.361 e. The fourth-order valence-corrected chi connectivity index (χ4v) is 1.59. The van der Waals surface area contributed by atoms with Crippen molar-refractivity contribution in [3.05, 3.63) is 30.7 Å². The summed E-state index contributed by atoms with van der Waals surface area (Å²) in [6, 6.07) is 4.23. The van der Waals surface area contributed by atoms with Crippen LogP contribution < -0.4 is 11.1 Å². The van der Waals surface area contributed by atoms with Crippen molar-refractivity contribution < 1.29 is 0 Å². The second-order valence-electron chi connectivity index (χ2n) is 4.00. The van der Waals surface area contributed by atoms with Crippen LogP contribution in [0.2, 0.25) is 0 Å². The second-order valence-corrected chi connectivity index (χ2v) is 4.00. The van der Waals surface area contributed by atoms with Gasteiger partial charge >= 0.3 is 0 Å². The van der Waals surface area contributed by atoms with Gasteiger partial charge in [0.05, 0.1) is 0 Å². The van der Waals surface area contributed by atoms with Crippen LogP contribution in [0.1, 0.15) is 13.3 Å². The van der Waals surface area contributed by atoms with E-state index in [1.165, 1.54) is 0 Å². The maximum absolute atomic E-state index is 5.49. The molecule has 0 bridgehead atoms. The molecule has 0 radical (unpaired) electrons.